The molecule has 21 heavy (non-hydrogen) atoms. The molecule has 8 heteroatoms. The van der Waals surface area contributed by atoms with E-state index in [4.69, 9.17) is 69.6 Å². The molecule has 2 rings (SSSR count). The monoisotopic (exact) mass is 404 g/mol. The van der Waals surface area contributed by atoms with E-state index in [1.165, 1.54) is 6.07 Å². The highest BCUT2D eigenvalue weighted by atomic mass is 35.5. The smallest absolute Gasteiger partial charge is 0.151 e. The molecule has 1 nitrogen and oxygen atoms in total. The SMILES string of the molecule is O=Cc1cc(F)c(-c2c(Cl)c(Cl)c(Cl)c(Cl)c2Cl)cc1Cl. The molecule has 0 heterocycles. The number of carbonyl (C=O) groups is 1. The van der Waals surface area contributed by atoms with Gasteiger partial charge in [0.1, 0.15) is 5.82 Å². The Balaban J connectivity index is 2.86. The van der Waals surface area contributed by atoms with Gasteiger partial charge in [0.15, 0.2) is 6.29 Å². The molecule has 0 radical (unpaired) electrons. The Morgan fingerprint density at radius 3 is 1.76 bits per heavy atom. The lowest BCUT2D eigenvalue weighted by Crippen LogP contribution is -1.93. The summed E-state index contributed by atoms with van der Waals surface area (Å²) in [6.07, 6.45) is 0.431. The minimum Gasteiger partial charge on any atom is -0.298 e. The molecule has 0 N–H and O–H groups in total. The van der Waals surface area contributed by atoms with Gasteiger partial charge in [-0.3, -0.25) is 4.79 Å². The number of rotatable bonds is 2. The van der Waals surface area contributed by atoms with E-state index in [9.17, 15) is 9.18 Å². The van der Waals surface area contributed by atoms with E-state index in [2.05, 4.69) is 0 Å². The van der Waals surface area contributed by atoms with Gasteiger partial charge in [0, 0.05) is 16.7 Å². The van der Waals surface area contributed by atoms with Gasteiger partial charge in [0.2, 0.25) is 0 Å². The third kappa shape index (κ3) is 2.98. The second-order valence-electron chi connectivity index (χ2n) is 3.92. The first-order valence-corrected chi connectivity index (χ1v) is 7.52. The van der Waals surface area contributed by atoms with Crippen LogP contribution in [0, 0.1) is 5.82 Å². The predicted octanol–water partition coefficient (Wildman–Crippen LogP) is 7.23. The number of halogens is 7. The maximum atomic E-state index is 14.2. The fourth-order valence-corrected chi connectivity index (χ4v) is 3.24. The van der Waals surface area contributed by atoms with Crippen molar-refractivity contribution < 1.29 is 9.18 Å². The second-order valence-corrected chi connectivity index (χ2v) is 6.21. The molecule has 2 aromatic rings. The molecule has 0 unspecified atom stereocenters. The van der Waals surface area contributed by atoms with Crippen molar-refractivity contribution in [3.63, 3.8) is 0 Å². The largest absolute Gasteiger partial charge is 0.298 e. The summed E-state index contributed by atoms with van der Waals surface area (Å²) in [6.45, 7) is 0. The summed E-state index contributed by atoms with van der Waals surface area (Å²) in [5.74, 6) is -0.750. The van der Waals surface area contributed by atoms with E-state index in [1.54, 1.807) is 0 Å². The van der Waals surface area contributed by atoms with Crippen LogP contribution in [-0.4, -0.2) is 6.29 Å². The lowest BCUT2D eigenvalue weighted by atomic mass is 10.0. The maximum Gasteiger partial charge on any atom is 0.151 e. The van der Waals surface area contributed by atoms with Crippen molar-refractivity contribution in [3.05, 3.63) is 53.6 Å². The molecule has 0 aliphatic rings. The van der Waals surface area contributed by atoms with Crippen molar-refractivity contribution in [3.8, 4) is 11.1 Å². The summed E-state index contributed by atoms with van der Waals surface area (Å²) in [5.41, 5.74) is 0.00645. The number of benzene rings is 2. The van der Waals surface area contributed by atoms with Gasteiger partial charge in [-0.2, -0.15) is 0 Å². The van der Waals surface area contributed by atoms with Crippen molar-refractivity contribution in [1.82, 2.24) is 0 Å². The van der Waals surface area contributed by atoms with E-state index < -0.39 is 5.82 Å². The Morgan fingerprint density at radius 1 is 0.810 bits per heavy atom. The zero-order valence-corrected chi connectivity index (χ0v) is 14.3. The fourth-order valence-electron chi connectivity index (χ4n) is 1.69. The van der Waals surface area contributed by atoms with Gasteiger partial charge in [-0.15, -0.1) is 0 Å². The quantitative estimate of drug-likeness (QED) is 0.292. The van der Waals surface area contributed by atoms with E-state index in [-0.39, 0.29) is 46.8 Å². The zero-order valence-electron chi connectivity index (χ0n) is 9.79. The van der Waals surface area contributed by atoms with Crippen LogP contribution < -0.4 is 0 Å². The maximum absolute atomic E-state index is 14.2. The lowest BCUT2D eigenvalue weighted by Gasteiger charge is -2.14. The van der Waals surface area contributed by atoms with E-state index in [0.29, 0.717) is 6.29 Å². The molecule has 110 valence electrons. The van der Waals surface area contributed by atoms with Gasteiger partial charge in [0.05, 0.1) is 30.1 Å². The number of hydrogen-bond acceptors (Lipinski definition) is 1. The molecule has 0 aliphatic heterocycles. The Labute approximate surface area is 149 Å². The molecule has 0 atom stereocenters. The fraction of sp³-hybridized carbons (Fsp3) is 0. The van der Waals surface area contributed by atoms with Gasteiger partial charge >= 0.3 is 0 Å². The molecular weight excluding hydrogens is 404 g/mol. The van der Waals surface area contributed by atoms with Crippen molar-refractivity contribution in [2.45, 2.75) is 0 Å². The van der Waals surface area contributed by atoms with Crippen LogP contribution >= 0.6 is 69.6 Å². The van der Waals surface area contributed by atoms with E-state index >= 15 is 0 Å². The van der Waals surface area contributed by atoms with Gasteiger partial charge in [-0.25, -0.2) is 4.39 Å². The summed E-state index contributed by atoms with van der Waals surface area (Å²) in [4.78, 5) is 10.8. The topological polar surface area (TPSA) is 17.1 Å². The Kier molecular flexibility index (Phi) is 5.30. The average Bonchev–Trinajstić information content (AvgIpc) is 2.46. The molecule has 0 saturated carbocycles. The number of aldehydes is 1. The van der Waals surface area contributed by atoms with E-state index in [1.807, 2.05) is 0 Å². The third-order valence-electron chi connectivity index (χ3n) is 2.69. The summed E-state index contributed by atoms with van der Waals surface area (Å²) >= 11 is 35.8. The predicted molar refractivity (Wildman–Crippen MR) is 87.3 cm³/mol. The van der Waals surface area contributed by atoms with Gasteiger partial charge < -0.3 is 0 Å². The van der Waals surface area contributed by atoms with Crippen LogP contribution in [0.1, 0.15) is 10.4 Å². The summed E-state index contributed by atoms with van der Waals surface area (Å²) < 4.78 is 14.2. The van der Waals surface area contributed by atoms with Crippen LogP contribution in [0.5, 0.6) is 0 Å². The summed E-state index contributed by atoms with van der Waals surface area (Å²) in [6, 6.07) is 2.18. The minimum absolute atomic E-state index is 0.00341. The Hall–Kier alpha value is -0.220. The van der Waals surface area contributed by atoms with Crippen LogP contribution in [0.2, 0.25) is 30.1 Å². The van der Waals surface area contributed by atoms with Crippen molar-refractivity contribution in [2.24, 2.45) is 0 Å². The molecular formula is C13H3Cl6FO. The molecule has 0 spiro atoms. The van der Waals surface area contributed by atoms with Crippen LogP contribution in [0.4, 0.5) is 4.39 Å². The van der Waals surface area contributed by atoms with Crippen LogP contribution in [0.25, 0.3) is 11.1 Å². The first-order chi connectivity index (χ1) is 9.79. The molecule has 0 amide bonds. The highest BCUT2D eigenvalue weighted by Crippen LogP contribution is 2.49. The lowest BCUT2D eigenvalue weighted by molar-refractivity contribution is 0.112. The first-order valence-electron chi connectivity index (χ1n) is 5.25. The normalized spacial score (nSPS) is 10.8. The average molecular weight is 407 g/mol. The van der Waals surface area contributed by atoms with Crippen molar-refractivity contribution in [1.29, 1.82) is 0 Å². The number of carbonyl (C=O) groups excluding carboxylic acids is 1. The molecule has 0 bridgehead atoms. The first kappa shape index (κ1) is 17.1. The molecule has 0 fully saturated rings. The summed E-state index contributed by atoms with van der Waals surface area (Å²) in [7, 11) is 0. The van der Waals surface area contributed by atoms with E-state index in [0.717, 1.165) is 6.07 Å². The van der Waals surface area contributed by atoms with Crippen LogP contribution in [0.15, 0.2) is 12.1 Å². The summed E-state index contributed by atoms with van der Waals surface area (Å²) in [5, 5.41) is -0.242. The van der Waals surface area contributed by atoms with Crippen molar-refractivity contribution in [2.75, 3.05) is 0 Å². The molecule has 0 aromatic heterocycles. The van der Waals surface area contributed by atoms with Gasteiger partial charge in [0.25, 0.3) is 0 Å². The third-order valence-corrected chi connectivity index (χ3v) is 5.30. The van der Waals surface area contributed by atoms with Gasteiger partial charge in [-0.1, -0.05) is 69.6 Å². The Morgan fingerprint density at radius 2 is 1.29 bits per heavy atom. The van der Waals surface area contributed by atoms with Crippen LogP contribution in [-0.2, 0) is 0 Å². The van der Waals surface area contributed by atoms with Gasteiger partial charge in [-0.05, 0) is 12.1 Å². The molecule has 0 aliphatic carbocycles. The highest BCUT2D eigenvalue weighted by Gasteiger charge is 2.23. The van der Waals surface area contributed by atoms with Crippen LogP contribution in [0.3, 0.4) is 0 Å². The highest BCUT2D eigenvalue weighted by molar-refractivity contribution is 6.56. The second kappa shape index (κ2) is 6.49. The zero-order chi connectivity index (χ0) is 15.9. The molecule has 0 saturated heterocycles. The standard InChI is InChI=1S/C13H3Cl6FO/c14-6-2-5(7(20)1-4(6)3-21)8-9(15)11(17)13(19)12(18)10(8)16/h1-3H. The molecule has 2 aromatic carbocycles. The Bertz CT molecular complexity index is 730. The number of hydrogen-bond donors (Lipinski definition) is 0. The van der Waals surface area contributed by atoms with Crippen molar-refractivity contribution >= 4 is 75.9 Å². The minimum atomic E-state index is -0.750.